The van der Waals surface area contributed by atoms with Gasteiger partial charge in [-0.3, -0.25) is 4.79 Å². The van der Waals surface area contributed by atoms with Gasteiger partial charge in [0, 0.05) is 25.0 Å². The number of hydrogen-bond acceptors (Lipinski definition) is 3. The van der Waals surface area contributed by atoms with E-state index in [4.69, 9.17) is 0 Å². The van der Waals surface area contributed by atoms with Crippen LogP contribution in [-0.4, -0.2) is 35.0 Å². The number of piperidine rings is 1. The van der Waals surface area contributed by atoms with Crippen molar-refractivity contribution < 1.29 is 4.79 Å². The second kappa shape index (κ2) is 7.06. The van der Waals surface area contributed by atoms with E-state index >= 15 is 0 Å². The summed E-state index contributed by atoms with van der Waals surface area (Å²) in [6.45, 7) is 4.09. The first-order chi connectivity index (χ1) is 12.2. The summed E-state index contributed by atoms with van der Waals surface area (Å²) in [5.41, 5.74) is 2.08. The zero-order valence-electron chi connectivity index (χ0n) is 15.0. The zero-order chi connectivity index (χ0) is 17.2. The summed E-state index contributed by atoms with van der Waals surface area (Å²) < 4.78 is 0. The maximum atomic E-state index is 12.6. The number of hydrogen-bond donors (Lipinski definition) is 2. The highest BCUT2D eigenvalue weighted by molar-refractivity contribution is 5.80. The fraction of sp³-hybridized carbons (Fsp3) is 0.600. The SMILES string of the molecule is CC1CCC(NC(=O)C2CCN(c3nc4ccccc4[nH]3)CC2)CC1. The van der Waals surface area contributed by atoms with Gasteiger partial charge in [-0.05, 0) is 56.6 Å². The number of rotatable bonds is 3. The molecule has 0 spiro atoms. The quantitative estimate of drug-likeness (QED) is 0.899. The molecule has 134 valence electrons. The molecule has 1 saturated carbocycles. The number of nitrogens with one attached hydrogen (secondary N) is 2. The number of carbonyl (C=O) groups excluding carboxylic acids is 1. The van der Waals surface area contributed by atoms with Crippen LogP contribution in [0.1, 0.15) is 45.4 Å². The Bertz CT molecular complexity index is 691. The lowest BCUT2D eigenvalue weighted by Crippen LogP contribution is -2.45. The fourth-order valence-electron chi connectivity index (χ4n) is 4.17. The molecular formula is C20H28N4O. The Labute approximate surface area is 149 Å². The molecule has 0 bridgehead atoms. The second-order valence-corrected chi connectivity index (χ2v) is 7.80. The largest absolute Gasteiger partial charge is 0.353 e. The number of anilines is 1. The van der Waals surface area contributed by atoms with Crippen molar-refractivity contribution in [2.45, 2.75) is 51.5 Å². The van der Waals surface area contributed by atoms with E-state index in [1.165, 1.54) is 12.8 Å². The first-order valence-corrected chi connectivity index (χ1v) is 9.69. The number of amides is 1. The first-order valence-electron chi connectivity index (χ1n) is 9.69. The van der Waals surface area contributed by atoms with Crippen molar-refractivity contribution in [1.82, 2.24) is 15.3 Å². The Balaban J connectivity index is 1.31. The molecule has 4 rings (SSSR count). The van der Waals surface area contributed by atoms with Crippen LogP contribution in [0.3, 0.4) is 0 Å². The molecular weight excluding hydrogens is 312 g/mol. The van der Waals surface area contributed by atoms with E-state index in [0.29, 0.717) is 6.04 Å². The van der Waals surface area contributed by atoms with E-state index in [-0.39, 0.29) is 11.8 Å². The molecule has 2 fully saturated rings. The van der Waals surface area contributed by atoms with E-state index in [0.717, 1.165) is 61.7 Å². The predicted octanol–water partition coefficient (Wildman–Crippen LogP) is 3.47. The Hall–Kier alpha value is -2.04. The van der Waals surface area contributed by atoms with Crippen LogP contribution in [0.15, 0.2) is 24.3 Å². The average Bonchev–Trinajstić information content (AvgIpc) is 3.08. The number of benzene rings is 1. The van der Waals surface area contributed by atoms with Gasteiger partial charge >= 0.3 is 0 Å². The molecule has 1 saturated heterocycles. The number of fused-ring (bicyclic) bond motifs is 1. The topological polar surface area (TPSA) is 61.0 Å². The van der Waals surface area contributed by atoms with Gasteiger partial charge in [-0.25, -0.2) is 4.98 Å². The maximum Gasteiger partial charge on any atom is 0.223 e. The summed E-state index contributed by atoms with van der Waals surface area (Å²) in [5, 5.41) is 3.30. The van der Waals surface area contributed by atoms with Crippen molar-refractivity contribution in [3.63, 3.8) is 0 Å². The third kappa shape index (κ3) is 3.65. The highest BCUT2D eigenvalue weighted by Gasteiger charge is 2.28. The Morgan fingerprint density at radius 3 is 2.56 bits per heavy atom. The third-order valence-electron chi connectivity index (χ3n) is 5.90. The van der Waals surface area contributed by atoms with E-state index in [9.17, 15) is 4.79 Å². The van der Waals surface area contributed by atoms with Crippen LogP contribution >= 0.6 is 0 Å². The van der Waals surface area contributed by atoms with Crippen molar-refractivity contribution >= 4 is 22.9 Å². The van der Waals surface area contributed by atoms with Gasteiger partial charge in [0.05, 0.1) is 11.0 Å². The smallest absolute Gasteiger partial charge is 0.223 e. The molecule has 1 aliphatic carbocycles. The van der Waals surface area contributed by atoms with E-state index < -0.39 is 0 Å². The number of H-pyrrole nitrogens is 1. The van der Waals surface area contributed by atoms with Crippen LogP contribution in [0.2, 0.25) is 0 Å². The molecule has 1 aliphatic heterocycles. The van der Waals surface area contributed by atoms with Crippen LogP contribution in [0.4, 0.5) is 5.95 Å². The van der Waals surface area contributed by atoms with E-state index in [1.54, 1.807) is 0 Å². The van der Waals surface area contributed by atoms with Gasteiger partial charge in [0.15, 0.2) is 0 Å². The fourth-order valence-corrected chi connectivity index (χ4v) is 4.17. The molecule has 0 atom stereocenters. The van der Waals surface area contributed by atoms with Crippen molar-refractivity contribution in [3.05, 3.63) is 24.3 Å². The van der Waals surface area contributed by atoms with Crippen molar-refractivity contribution in [2.24, 2.45) is 11.8 Å². The predicted molar refractivity (Wildman–Crippen MR) is 101 cm³/mol. The monoisotopic (exact) mass is 340 g/mol. The summed E-state index contributed by atoms with van der Waals surface area (Å²) >= 11 is 0. The molecule has 2 heterocycles. The van der Waals surface area contributed by atoms with Gasteiger partial charge in [0.2, 0.25) is 11.9 Å². The molecule has 2 N–H and O–H groups in total. The van der Waals surface area contributed by atoms with E-state index in [2.05, 4.69) is 33.2 Å². The van der Waals surface area contributed by atoms with Crippen molar-refractivity contribution in [2.75, 3.05) is 18.0 Å². The number of carbonyl (C=O) groups is 1. The van der Waals surface area contributed by atoms with Crippen LogP contribution in [0.5, 0.6) is 0 Å². The normalized spacial score (nSPS) is 25.2. The summed E-state index contributed by atoms with van der Waals surface area (Å²) in [4.78, 5) is 22.9. The summed E-state index contributed by atoms with van der Waals surface area (Å²) in [6, 6.07) is 8.51. The number of aromatic amines is 1. The summed E-state index contributed by atoms with van der Waals surface area (Å²) in [7, 11) is 0. The highest BCUT2D eigenvalue weighted by Crippen LogP contribution is 2.26. The average molecular weight is 340 g/mol. The van der Waals surface area contributed by atoms with Gasteiger partial charge in [-0.1, -0.05) is 19.1 Å². The number of aromatic nitrogens is 2. The Morgan fingerprint density at radius 2 is 1.84 bits per heavy atom. The highest BCUT2D eigenvalue weighted by atomic mass is 16.1. The number of para-hydroxylation sites is 2. The third-order valence-corrected chi connectivity index (χ3v) is 5.90. The molecule has 0 unspecified atom stereocenters. The van der Waals surface area contributed by atoms with Crippen LogP contribution < -0.4 is 10.2 Å². The van der Waals surface area contributed by atoms with Gasteiger partial charge in [0.1, 0.15) is 0 Å². The Morgan fingerprint density at radius 1 is 1.12 bits per heavy atom. The molecule has 1 aromatic heterocycles. The van der Waals surface area contributed by atoms with Crippen LogP contribution in [-0.2, 0) is 4.79 Å². The minimum Gasteiger partial charge on any atom is -0.353 e. The minimum absolute atomic E-state index is 0.153. The zero-order valence-corrected chi connectivity index (χ0v) is 15.0. The van der Waals surface area contributed by atoms with Gasteiger partial charge < -0.3 is 15.2 Å². The molecule has 1 amide bonds. The lowest BCUT2D eigenvalue weighted by atomic mass is 9.86. The minimum atomic E-state index is 0.153. The summed E-state index contributed by atoms with van der Waals surface area (Å²) in [5.74, 6) is 2.17. The molecule has 2 aliphatic rings. The summed E-state index contributed by atoms with van der Waals surface area (Å²) in [6.07, 6.45) is 6.60. The second-order valence-electron chi connectivity index (χ2n) is 7.80. The van der Waals surface area contributed by atoms with Gasteiger partial charge in [-0.2, -0.15) is 0 Å². The molecule has 2 aromatic rings. The van der Waals surface area contributed by atoms with Crippen LogP contribution in [0, 0.1) is 11.8 Å². The molecule has 1 aromatic carbocycles. The van der Waals surface area contributed by atoms with Gasteiger partial charge in [0.25, 0.3) is 0 Å². The number of imidazole rings is 1. The number of nitrogens with zero attached hydrogens (tertiary/aromatic N) is 2. The molecule has 0 radical (unpaired) electrons. The lowest BCUT2D eigenvalue weighted by Gasteiger charge is -2.33. The van der Waals surface area contributed by atoms with Crippen LogP contribution in [0.25, 0.3) is 11.0 Å². The molecule has 25 heavy (non-hydrogen) atoms. The maximum absolute atomic E-state index is 12.6. The first kappa shape index (κ1) is 16.4. The lowest BCUT2D eigenvalue weighted by molar-refractivity contribution is -0.126. The molecule has 5 nitrogen and oxygen atoms in total. The van der Waals surface area contributed by atoms with Crippen molar-refractivity contribution in [3.8, 4) is 0 Å². The molecule has 5 heteroatoms. The van der Waals surface area contributed by atoms with Crippen molar-refractivity contribution in [1.29, 1.82) is 0 Å². The standard InChI is InChI=1S/C20H28N4O/c1-14-6-8-16(9-7-14)21-19(25)15-10-12-24(13-11-15)20-22-17-4-2-3-5-18(17)23-20/h2-5,14-16H,6-13H2,1H3,(H,21,25)(H,22,23). The Kier molecular flexibility index (Phi) is 4.64. The van der Waals surface area contributed by atoms with E-state index in [1.807, 2.05) is 18.2 Å². The van der Waals surface area contributed by atoms with Gasteiger partial charge in [-0.15, -0.1) is 0 Å².